The molecule has 3 aromatic carbocycles. The Balaban J connectivity index is 1.77. The van der Waals surface area contributed by atoms with Gasteiger partial charge in [-0.25, -0.2) is 13.7 Å². The molecule has 0 radical (unpaired) electrons. The van der Waals surface area contributed by atoms with Gasteiger partial charge in [-0.05, 0) is 49.4 Å². The summed E-state index contributed by atoms with van der Waals surface area (Å²) in [5.41, 5.74) is 1.15. The number of anilines is 2. The van der Waals surface area contributed by atoms with Crippen molar-refractivity contribution in [3.05, 3.63) is 99.6 Å². The van der Waals surface area contributed by atoms with E-state index in [9.17, 15) is 18.4 Å². The van der Waals surface area contributed by atoms with Crippen LogP contribution >= 0.6 is 23.4 Å². The van der Waals surface area contributed by atoms with Crippen molar-refractivity contribution in [2.24, 2.45) is 0 Å². The van der Waals surface area contributed by atoms with E-state index in [4.69, 9.17) is 11.6 Å². The Morgan fingerprint density at radius 3 is 2.29 bits per heavy atom. The van der Waals surface area contributed by atoms with Crippen molar-refractivity contribution in [2.75, 3.05) is 10.2 Å². The van der Waals surface area contributed by atoms with Crippen molar-refractivity contribution in [3.8, 4) is 0 Å². The van der Waals surface area contributed by atoms with Gasteiger partial charge >= 0.3 is 0 Å². The van der Waals surface area contributed by atoms with Crippen molar-refractivity contribution in [2.45, 2.75) is 11.8 Å². The lowest BCUT2D eigenvalue weighted by Gasteiger charge is -2.16. The summed E-state index contributed by atoms with van der Waals surface area (Å²) >= 11 is 6.93. The molecule has 4 nitrogen and oxygen atoms in total. The Kier molecular flexibility index (Phi) is 5.80. The monoisotopic (exact) mass is 456 g/mol. The maximum atomic E-state index is 14.2. The van der Waals surface area contributed by atoms with Crippen LogP contribution in [0.5, 0.6) is 0 Å². The number of nitrogens with zero attached hydrogens (tertiary/aromatic N) is 1. The fraction of sp³-hybridized carbons (Fsp3) is 0.0435. The van der Waals surface area contributed by atoms with Crippen LogP contribution in [0.2, 0.25) is 5.02 Å². The number of imide groups is 1. The molecule has 1 aliphatic heterocycles. The first kappa shape index (κ1) is 21.1. The number of amides is 2. The third-order valence-corrected chi connectivity index (χ3v) is 5.96. The second-order valence-corrected chi connectivity index (χ2v) is 8.26. The first-order valence-electron chi connectivity index (χ1n) is 9.19. The molecule has 0 aromatic heterocycles. The third kappa shape index (κ3) is 4.19. The summed E-state index contributed by atoms with van der Waals surface area (Å²) in [6.07, 6.45) is 0. The summed E-state index contributed by atoms with van der Waals surface area (Å²) in [5, 5.41) is 2.54. The van der Waals surface area contributed by atoms with E-state index < -0.39 is 23.4 Å². The number of carbonyl (C=O) groups excluding carboxylic acids is 2. The molecule has 0 fully saturated rings. The van der Waals surface area contributed by atoms with Gasteiger partial charge in [-0.2, -0.15) is 0 Å². The molecule has 0 aliphatic carbocycles. The highest BCUT2D eigenvalue weighted by Gasteiger charge is 2.40. The van der Waals surface area contributed by atoms with E-state index >= 15 is 0 Å². The van der Waals surface area contributed by atoms with Crippen LogP contribution in [0, 0.1) is 18.6 Å². The van der Waals surface area contributed by atoms with Crippen LogP contribution in [0.4, 0.5) is 20.2 Å². The fourth-order valence-electron chi connectivity index (χ4n) is 2.99. The molecule has 0 saturated heterocycles. The van der Waals surface area contributed by atoms with Gasteiger partial charge in [-0.1, -0.05) is 53.2 Å². The Bertz CT molecular complexity index is 1230. The number of benzene rings is 3. The summed E-state index contributed by atoms with van der Waals surface area (Å²) < 4.78 is 27.8. The van der Waals surface area contributed by atoms with E-state index in [0.717, 1.165) is 33.2 Å². The predicted molar refractivity (Wildman–Crippen MR) is 118 cm³/mol. The van der Waals surface area contributed by atoms with Crippen LogP contribution in [0.3, 0.4) is 0 Å². The molecule has 156 valence electrons. The second kappa shape index (κ2) is 8.53. The molecule has 2 amide bonds. The number of rotatable bonds is 5. The Hall–Kier alpha value is -3.16. The number of nitrogens with one attached hydrogen (secondary N) is 1. The number of para-hydroxylation sites is 1. The minimum Gasteiger partial charge on any atom is -0.348 e. The van der Waals surface area contributed by atoms with Crippen LogP contribution < -0.4 is 10.2 Å². The average Bonchev–Trinajstić information content (AvgIpc) is 2.97. The first-order chi connectivity index (χ1) is 14.8. The topological polar surface area (TPSA) is 49.4 Å². The number of hydrogen-bond acceptors (Lipinski definition) is 4. The van der Waals surface area contributed by atoms with Crippen molar-refractivity contribution in [1.82, 2.24) is 0 Å². The zero-order chi connectivity index (χ0) is 22.1. The quantitative estimate of drug-likeness (QED) is 0.484. The fourth-order valence-corrected chi connectivity index (χ4v) is 4.10. The largest absolute Gasteiger partial charge is 0.348 e. The maximum absolute atomic E-state index is 14.2. The molecule has 1 aliphatic rings. The maximum Gasteiger partial charge on any atom is 0.283 e. The summed E-state index contributed by atoms with van der Waals surface area (Å²) in [4.78, 5) is 28.1. The van der Waals surface area contributed by atoms with Crippen molar-refractivity contribution >= 4 is 46.6 Å². The summed E-state index contributed by atoms with van der Waals surface area (Å²) in [7, 11) is 0. The van der Waals surface area contributed by atoms with Gasteiger partial charge in [0.1, 0.15) is 22.2 Å². The second-order valence-electron chi connectivity index (χ2n) is 6.77. The number of carbonyl (C=O) groups is 2. The van der Waals surface area contributed by atoms with Crippen LogP contribution in [0.25, 0.3) is 0 Å². The summed E-state index contributed by atoms with van der Waals surface area (Å²) in [6, 6.07) is 16.8. The van der Waals surface area contributed by atoms with Gasteiger partial charge in [-0.3, -0.25) is 9.59 Å². The lowest BCUT2D eigenvalue weighted by molar-refractivity contribution is -0.120. The molecule has 31 heavy (non-hydrogen) atoms. The summed E-state index contributed by atoms with van der Waals surface area (Å²) in [6.45, 7) is 1.93. The highest BCUT2D eigenvalue weighted by Crippen LogP contribution is 2.38. The zero-order valence-corrected chi connectivity index (χ0v) is 17.7. The van der Waals surface area contributed by atoms with Gasteiger partial charge in [0.2, 0.25) is 0 Å². The van der Waals surface area contributed by atoms with E-state index in [1.807, 2.05) is 31.2 Å². The number of halogens is 3. The van der Waals surface area contributed by atoms with Gasteiger partial charge in [-0.15, -0.1) is 0 Å². The molecule has 0 spiro atoms. The van der Waals surface area contributed by atoms with Crippen molar-refractivity contribution in [1.29, 1.82) is 0 Å². The van der Waals surface area contributed by atoms with Crippen molar-refractivity contribution < 1.29 is 18.4 Å². The smallest absolute Gasteiger partial charge is 0.283 e. The molecular formula is C23H15ClF2N2O2S. The van der Waals surface area contributed by atoms with Gasteiger partial charge in [0.05, 0.1) is 16.4 Å². The third-order valence-electron chi connectivity index (χ3n) is 4.58. The van der Waals surface area contributed by atoms with Crippen molar-refractivity contribution in [3.63, 3.8) is 0 Å². The molecular weight excluding hydrogens is 442 g/mol. The van der Waals surface area contributed by atoms with Crippen LogP contribution in [-0.4, -0.2) is 11.8 Å². The standard InChI is InChI=1S/C23H15ClF2N2O2S/c1-13-6-9-15(10-7-13)31-21-20(27-19-5-3-2-4-18(19)26)22(29)28(23(21)30)14-8-11-17(25)16(24)12-14/h2-12,27H,1H3. The van der Waals surface area contributed by atoms with E-state index in [-0.39, 0.29) is 27.0 Å². The normalized spacial score (nSPS) is 13.9. The predicted octanol–water partition coefficient (Wildman–Crippen LogP) is 5.92. The molecule has 0 atom stereocenters. The molecule has 0 saturated carbocycles. The molecule has 0 bridgehead atoms. The number of thioether (sulfide) groups is 1. The van der Waals surface area contributed by atoms with Gasteiger partial charge < -0.3 is 5.32 Å². The molecule has 3 aromatic rings. The SMILES string of the molecule is Cc1ccc(SC2=C(Nc3ccccc3F)C(=O)N(c3ccc(F)c(Cl)c3)C2=O)cc1. The minimum atomic E-state index is -0.689. The molecule has 0 unspecified atom stereocenters. The van der Waals surface area contributed by atoms with Gasteiger partial charge in [0.25, 0.3) is 11.8 Å². The Labute approximate surface area is 186 Å². The lowest BCUT2D eigenvalue weighted by Crippen LogP contribution is -2.32. The Morgan fingerprint density at radius 1 is 0.903 bits per heavy atom. The highest BCUT2D eigenvalue weighted by atomic mass is 35.5. The van der Waals surface area contributed by atoms with E-state index in [1.54, 1.807) is 6.07 Å². The van der Waals surface area contributed by atoms with Crippen LogP contribution in [0.1, 0.15) is 5.56 Å². The van der Waals surface area contributed by atoms with Gasteiger partial charge in [0.15, 0.2) is 0 Å². The lowest BCUT2D eigenvalue weighted by atomic mass is 10.2. The molecule has 1 N–H and O–H groups in total. The Morgan fingerprint density at radius 2 is 1.61 bits per heavy atom. The zero-order valence-electron chi connectivity index (χ0n) is 16.2. The van der Waals surface area contributed by atoms with Crippen LogP contribution in [0.15, 0.2) is 82.2 Å². The van der Waals surface area contributed by atoms with E-state index in [1.165, 1.54) is 30.3 Å². The molecule has 1 heterocycles. The van der Waals surface area contributed by atoms with Crippen LogP contribution in [-0.2, 0) is 9.59 Å². The summed E-state index contributed by atoms with van der Waals surface area (Å²) in [5.74, 6) is -2.54. The average molecular weight is 457 g/mol. The van der Waals surface area contributed by atoms with Gasteiger partial charge in [0, 0.05) is 4.90 Å². The van der Waals surface area contributed by atoms with E-state index in [0.29, 0.717) is 0 Å². The highest BCUT2D eigenvalue weighted by molar-refractivity contribution is 8.04. The first-order valence-corrected chi connectivity index (χ1v) is 10.4. The molecule has 8 heteroatoms. The number of aryl methyl sites for hydroxylation is 1. The van der Waals surface area contributed by atoms with E-state index in [2.05, 4.69) is 5.32 Å². The number of hydrogen-bond donors (Lipinski definition) is 1. The minimum absolute atomic E-state index is 0.0552. The molecule has 4 rings (SSSR count).